The fourth-order valence-electron chi connectivity index (χ4n) is 2.92. The first-order chi connectivity index (χ1) is 6.97. The Labute approximate surface area is 87.8 Å². The SMILES string of the molecule is C1CCCCC(C2CCNN2)CCC1. The first-order valence-electron chi connectivity index (χ1n) is 6.45. The zero-order valence-corrected chi connectivity index (χ0v) is 9.23. The third-order valence-electron chi connectivity index (χ3n) is 3.84. The molecule has 2 N–H and O–H groups in total. The summed E-state index contributed by atoms with van der Waals surface area (Å²) in [6.45, 7) is 1.17. The van der Waals surface area contributed by atoms with Gasteiger partial charge in [0.25, 0.3) is 0 Å². The molecule has 82 valence electrons. The second kappa shape index (κ2) is 5.72. The van der Waals surface area contributed by atoms with E-state index in [4.69, 9.17) is 0 Å². The van der Waals surface area contributed by atoms with Crippen LogP contribution in [0.1, 0.15) is 57.8 Å². The van der Waals surface area contributed by atoms with E-state index in [1.54, 1.807) is 0 Å². The molecule has 1 aliphatic heterocycles. The molecule has 0 aromatic rings. The maximum absolute atomic E-state index is 3.44. The van der Waals surface area contributed by atoms with Gasteiger partial charge >= 0.3 is 0 Å². The molecule has 1 saturated carbocycles. The Kier molecular flexibility index (Phi) is 4.26. The molecule has 0 aromatic heterocycles. The van der Waals surface area contributed by atoms with Crippen molar-refractivity contribution in [1.29, 1.82) is 0 Å². The van der Waals surface area contributed by atoms with Crippen LogP contribution in [0.15, 0.2) is 0 Å². The molecule has 2 rings (SSSR count). The molecule has 2 fully saturated rings. The zero-order chi connectivity index (χ0) is 9.64. The Morgan fingerprint density at radius 1 is 0.714 bits per heavy atom. The van der Waals surface area contributed by atoms with Gasteiger partial charge in [0.2, 0.25) is 0 Å². The standard InChI is InChI=1S/C12H24N2/c1-2-4-6-8-11(7-5-3-1)12-9-10-13-14-12/h11-14H,1-10H2. The predicted octanol–water partition coefficient (Wildman–Crippen LogP) is 2.60. The van der Waals surface area contributed by atoms with E-state index in [9.17, 15) is 0 Å². The highest BCUT2D eigenvalue weighted by atomic mass is 15.4. The van der Waals surface area contributed by atoms with Crippen LogP contribution in [0.4, 0.5) is 0 Å². The smallest absolute Gasteiger partial charge is 0.0253 e. The van der Waals surface area contributed by atoms with Gasteiger partial charge in [0.05, 0.1) is 0 Å². The van der Waals surface area contributed by atoms with Gasteiger partial charge in [-0.1, -0.05) is 38.5 Å². The van der Waals surface area contributed by atoms with Gasteiger partial charge in [-0.3, -0.25) is 10.9 Å². The Morgan fingerprint density at radius 3 is 1.93 bits per heavy atom. The number of hydrazine groups is 1. The van der Waals surface area contributed by atoms with Gasteiger partial charge in [-0.25, -0.2) is 0 Å². The van der Waals surface area contributed by atoms with Gasteiger partial charge in [-0.15, -0.1) is 0 Å². The van der Waals surface area contributed by atoms with Crippen LogP contribution in [-0.2, 0) is 0 Å². The minimum absolute atomic E-state index is 0.771. The lowest BCUT2D eigenvalue weighted by atomic mass is 9.89. The zero-order valence-electron chi connectivity index (χ0n) is 9.23. The summed E-state index contributed by atoms with van der Waals surface area (Å²) in [6, 6.07) is 0.771. The molecule has 1 aliphatic carbocycles. The highest BCUT2D eigenvalue weighted by molar-refractivity contribution is 4.80. The van der Waals surface area contributed by atoms with Crippen LogP contribution in [0.3, 0.4) is 0 Å². The van der Waals surface area contributed by atoms with Crippen molar-refractivity contribution in [1.82, 2.24) is 10.9 Å². The van der Waals surface area contributed by atoms with Gasteiger partial charge in [0.1, 0.15) is 0 Å². The van der Waals surface area contributed by atoms with Crippen molar-refractivity contribution < 1.29 is 0 Å². The van der Waals surface area contributed by atoms with Crippen LogP contribution in [0, 0.1) is 5.92 Å². The second-order valence-electron chi connectivity index (χ2n) is 4.93. The van der Waals surface area contributed by atoms with E-state index in [0.717, 1.165) is 12.0 Å². The van der Waals surface area contributed by atoms with Crippen LogP contribution < -0.4 is 10.9 Å². The largest absolute Gasteiger partial charge is 0.258 e. The topological polar surface area (TPSA) is 24.1 Å². The predicted molar refractivity (Wildman–Crippen MR) is 60.0 cm³/mol. The van der Waals surface area contributed by atoms with E-state index in [1.807, 2.05) is 0 Å². The monoisotopic (exact) mass is 196 g/mol. The van der Waals surface area contributed by atoms with Crippen molar-refractivity contribution in [2.75, 3.05) is 6.54 Å². The molecule has 0 amide bonds. The Hall–Kier alpha value is -0.0800. The molecule has 0 bridgehead atoms. The first kappa shape index (κ1) is 10.4. The molecular formula is C12H24N2. The van der Waals surface area contributed by atoms with Crippen LogP contribution in [0.2, 0.25) is 0 Å². The fourth-order valence-corrected chi connectivity index (χ4v) is 2.92. The summed E-state index contributed by atoms with van der Waals surface area (Å²) in [6.07, 6.45) is 13.1. The maximum atomic E-state index is 3.44. The number of hydrogen-bond acceptors (Lipinski definition) is 2. The number of rotatable bonds is 1. The van der Waals surface area contributed by atoms with Gasteiger partial charge in [0, 0.05) is 12.6 Å². The van der Waals surface area contributed by atoms with Gasteiger partial charge in [-0.2, -0.15) is 0 Å². The molecule has 2 heteroatoms. The van der Waals surface area contributed by atoms with Crippen molar-refractivity contribution >= 4 is 0 Å². The fraction of sp³-hybridized carbons (Fsp3) is 1.00. The second-order valence-corrected chi connectivity index (χ2v) is 4.93. The van der Waals surface area contributed by atoms with E-state index >= 15 is 0 Å². The average Bonchev–Trinajstić information content (AvgIpc) is 2.75. The molecule has 1 unspecified atom stereocenters. The lowest BCUT2D eigenvalue weighted by Crippen LogP contribution is -2.35. The minimum Gasteiger partial charge on any atom is -0.258 e. The number of hydrogen-bond donors (Lipinski definition) is 2. The van der Waals surface area contributed by atoms with Crippen LogP contribution >= 0.6 is 0 Å². The summed E-state index contributed by atoms with van der Waals surface area (Å²) in [5, 5.41) is 0. The van der Waals surface area contributed by atoms with Crippen LogP contribution in [0.25, 0.3) is 0 Å². The van der Waals surface area contributed by atoms with Crippen molar-refractivity contribution in [2.24, 2.45) is 5.92 Å². The Bertz CT molecular complexity index is 142. The number of nitrogens with one attached hydrogen (secondary N) is 2. The molecule has 1 saturated heterocycles. The van der Waals surface area contributed by atoms with E-state index in [-0.39, 0.29) is 0 Å². The van der Waals surface area contributed by atoms with Crippen LogP contribution in [-0.4, -0.2) is 12.6 Å². The maximum Gasteiger partial charge on any atom is 0.0253 e. The summed E-state index contributed by atoms with van der Waals surface area (Å²) in [4.78, 5) is 0. The summed E-state index contributed by atoms with van der Waals surface area (Å²) < 4.78 is 0. The molecule has 2 aliphatic rings. The van der Waals surface area contributed by atoms with Crippen molar-refractivity contribution in [2.45, 2.75) is 63.8 Å². The normalized spacial score (nSPS) is 32.1. The lowest BCUT2D eigenvalue weighted by molar-refractivity contribution is 0.322. The molecule has 2 nitrogen and oxygen atoms in total. The van der Waals surface area contributed by atoms with Gasteiger partial charge in [0.15, 0.2) is 0 Å². The van der Waals surface area contributed by atoms with Gasteiger partial charge < -0.3 is 0 Å². The molecule has 0 spiro atoms. The van der Waals surface area contributed by atoms with Crippen LogP contribution in [0.5, 0.6) is 0 Å². The highest BCUT2D eigenvalue weighted by Crippen LogP contribution is 2.26. The van der Waals surface area contributed by atoms with Crippen molar-refractivity contribution in [3.05, 3.63) is 0 Å². The van der Waals surface area contributed by atoms with E-state index in [0.29, 0.717) is 0 Å². The van der Waals surface area contributed by atoms with Crippen molar-refractivity contribution in [3.8, 4) is 0 Å². The van der Waals surface area contributed by atoms with Gasteiger partial charge in [-0.05, 0) is 25.2 Å². The highest BCUT2D eigenvalue weighted by Gasteiger charge is 2.23. The van der Waals surface area contributed by atoms with E-state index in [1.165, 1.54) is 64.3 Å². The molecule has 1 atom stereocenters. The Morgan fingerprint density at radius 2 is 1.36 bits per heavy atom. The molecule has 14 heavy (non-hydrogen) atoms. The summed E-state index contributed by atoms with van der Waals surface area (Å²) in [5.74, 6) is 0.947. The molecule has 0 aromatic carbocycles. The molecule has 0 radical (unpaired) electrons. The summed E-state index contributed by atoms with van der Waals surface area (Å²) in [7, 11) is 0. The minimum atomic E-state index is 0.771. The quantitative estimate of drug-likeness (QED) is 0.673. The Balaban J connectivity index is 1.80. The lowest BCUT2D eigenvalue weighted by Gasteiger charge is -2.22. The molecule has 1 heterocycles. The summed E-state index contributed by atoms with van der Waals surface area (Å²) >= 11 is 0. The third-order valence-corrected chi connectivity index (χ3v) is 3.84. The first-order valence-corrected chi connectivity index (χ1v) is 6.45. The van der Waals surface area contributed by atoms with E-state index in [2.05, 4.69) is 10.9 Å². The summed E-state index contributed by atoms with van der Waals surface area (Å²) in [5.41, 5.74) is 6.72. The van der Waals surface area contributed by atoms with E-state index < -0.39 is 0 Å². The third kappa shape index (κ3) is 2.96. The average molecular weight is 196 g/mol. The van der Waals surface area contributed by atoms with Crippen molar-refractivity contribution in [3.63, 3.8) is 0 Å². The molecular weight excluding hydrogens is 172 g/mol.